The van der Waals surface area contributed by atoms with Crippen LogP contribution in [-0.4, -0.2) is 67.6 Å². The average molecular weight is 503 g/mol. The molecule has 0 saturated carbocycles. The van der Waals surface area contributed by atoms with Gasteiger partial charge in [-0.1, -0.05) is 0 Å². The standard InChI is InChI=1S/C16H22N2O5.C9H8O4/c1-16(2,3)23-15(21)18-9-8-17-14(20)11-22-13-6-4-12(10-19)5-7-13;10-5-7-1-3-8(4-2-7)13-6-9(11)12/h4-7,10H,8-9,11H2,1-3H3,(H,17,20)(H,18,21);1-5H,6H2,(H,11,12). The van der Waals surface area contributed by atoms with Gasteiger partial charge in [-0.15, -0.1) is 0 Å². The molecule has 2 aromatic rings. The van der Waals surface area contributed by atoms with Gasteiger partial charge in [-0.25, -0.2) is 9.59 Å². The zero-order valence-corrected chi connectivity index (χ0v) is 20.3. The summed E-state index contributed by atoms with van der Waals surface area (Å²) in [5.74, 6) is -0.402. The average Bonchev–Trinajstić information content (AvgIpc) is 2.84. The van der Waals surface area contributed by atoms with Gasteiger partial charge in [0.15, 0.2) is 13.2 Å². The van der Waals surface area contributed by atoms with Crippen molar-refractivity contribution in [3.63, 3.8) is 0 Å². The van der Waals surface area contributed by atoms with Gasteiger partial charge in [0, 0.05) is 24.2 Å². The Hall–Kier alpha value is -4.41. The minimum Gasteiger partial charge on any atom is -0.484 e. The molecule has 0 atom stereocenters. The van der Waals surface area contributed by atoms with Crippen LogP contribution in [0, 0.1) is 0 Å². The second kappa shape index (κ2) is 15.5. The van der Waals surface area contributed by atoms with Crippen molar-refractivity contribution in [3.05, 3.63) is 59.7 Å². The molecule has 0 aliphatic rings. The normalized spacial score (nSPS) is 10.1. The molecule has 0 unspecified atom stereocenters. The van der Waals surface area contributed by atoms with E-state index < -0.39 is 17.7 Å². The largest absolute Gasteiger partial charge is 0.484 e. The first-order chi connectivity index (χ1) is 17.0. The fourth-order valence-corrected chi connectivity index (χ4v) is 2.31. The third-order valence-electron chi connectivity index (χ3n) is 3.88. The summed E-state index contributed by atoms with van der Waals surface area (Å²) in [6.45, 7) is 5.32. The highest BCUT2D eigenvalue weighted by Crippen LogP contribution is 2.11. The number of hydrogen-bond acceptors (Lipinski definition) is 8. The molecule has 0 heterocycles. The van der Waals surface area contributed by atoms with Crippen LogP contribution in [0.1, 0.15) is 41.5 Å². The maximum absolute atomic E-state index is 11.6. The van der Waals surface area contributed by atoms with E-state index in [1.54, 1.807) is 69.3 Å². The van der Waals surface area contributed by atoms with E-state index in [0.29, 0.717) is 28.9 Å². The van der Waals surface area contributed by atoms with E-state index in [0.717, 1.165) is 6.29 Å². The van der Waals surface area contributed by atoms with Crippen LogP contribution in [0.3, 0.4) is 0 Å². The van der Waals surface area contributed by atoms with E-state index in [-0.39, 0.29) is 32.2 Å². The molecular weight excluding hydrogens is 472 g/mol. The van der Waals surface area contributed by atoms with Crippen LogP contribution in [0.25, 0.3) is 0 Å². The second-order valence-corrected chi connectivity index (χ2v) is 8.12. The lowest BCUT2D eigenvalue weighted by molar-refractivity contribution is -0.139. The molecular formula is C25H30N2O9. The molecule has 11 heteroatoms. The van der Waals surface area contributed by atoms with Crippen molar-refractivity contribution in [1.29, 1.82) is 0 Å². The Morgan fingerprint density at radius 1 is 0.778 bits per heavy atom. The van der Waals surface area contributed by atoms with Crippen molar-refractivity contribution in [2.24, 2.45) is 0 Å². The summed E-state index contributed by atoms with van der Waals surface area (Å²) >= 11 is 0. The van der Waals surface area contributed by atoms with Gasteiger partial charge in [0.1, 0.15) is 29.7 Å². The van der Waals surface area contributed by atoms with E-state index in [2.05, 4.69) is 10.6 Å². The third kappa shape index (κ3) is 14.0. The van der Waals surface area contributed by atoms with Crippen LogP contribution in [0.15, 0.2) is 48.5 Å². The smallest absolute Gasteiger partial charge is 0.407 e. The monoisotopic (exact) mass is 502 g/mol. The van der Waals surface area contributed by atoms with Gasteiger partial charge in [0.05, 0.1) is 0 Å². The quantitative estimate of drug-likeness (QED) is 0.310. The number of nitrogens with one attached hydrogen (secondary N) is 2. The van der Waals surface area contributed by atoms with Gasteiger partial charge in [0.2, 0.25) is 0 Å². The summed E-state index contributed by atoms with van der Waals surface area (Å²) < 4.78 is 15.2. The molecule has 194 valence electrons. The molecule has 2 aromatic carbocycles. The van der Waals surface area contributed by atoms with Gasteiger partial charge in [-0.3, -0.25) is 14.4 Å². The number of carbonyl (C=O) groups is 5. The molecule has 0 fully saturated rings. The number of benzene rings is 2. The van der Waals surface area contributed by atoms with E-state index in [1.807, 2.05) is 0 Å². The van der Waals surface area contributed by atoms with Crippen LogP contribution in [-0.2, 0) is 14.3 Å². The van der Waals surface area contributed by atoms with Crippen LogP contribution < -0.4 is 20.1 Å². The summed E-state index contributed by atoms with van der Waals surface area (Å²) in [7, 11) is 0. The van der Waals surface area contributed by atoms with Crippen molar-refractivity contribution >= 4 is 30.5 Å². The van der Waals surface area contributed by atoms with Gasteiger partial charge in [-0.2, -0.15) is 0 Å². The minimum absolute atomic E-state index is 0.146. The zero-order chi connectivity index (χ0) is 27.0. The van der Waals surface area contributed by atoms with E-state index in [4.69, 9.17) is 19.3 Å². The fourth-order valence-electron chi connectivity index (χ4n) is 2.31. The Bertz CT molecular complexity index is 998. The van der Waals surface area contributed by atoms with E-state index in [1.165, 1.54) is 0 Å². The highest BCUT2D eigenvalue weighted by atomic mass is 16.6. The molecule has 2 amide bonds. The van der Waals surface area contributed by atoms with E-state index >= 15 is 0 Å². The molecule has 11 nitrogen and oxygen atoms in total. The first kappa shape index (κ1) is 29.6. The topological polar surface area (TPSA) is 157 Å². The van der Waals surface area contributed by atoms with Crippen LogP contribution in [0.5, 0.6) is 11.5 Å². The van der Waals surface area contributed by atoms with Crippen molar-refractivity contribution in [2.45, 2.75) is 26.4 Å². The highest BCUT2D eigenvalue weighted by molar-refractivity contribution is 5.78. The number of carbonyl (C=O) groups excluding carboxylic acids is 4. The number of ether oxygens (including phenoxy) is 3. The molecule has 36 heavy (non-hydrogen) atoms. The molecule has 0 bridgehead atoms. The van der Waals surface area contributed by atoms with Crippen molar-refractivity contribution < 1.29 is 43.3 Å². The maximum Gasteiger partial charge on any atom is 0.407 e. The Morgan fingerprint density at radius 3 is 1.64 bits per heavy atom. The zero-order valence-electron chi connectivity index (χ0n) is 20.3. The van der Waals surface area contributed by atoms with Crippen molar-refractivity contribution in [3.8, 4) is 11.5 Å². The predicted molar refractivity (Wildman–Crippen MR) is 130 cm³/mol. The van der Waals surface area contributed by atoms with Crippen LogP contribution in [0.2, 0.25) is 0 Å². The summed E-state index contributed by atoms with van der Waals surface area (Å²) in [5, 5.41) is 13.4. The third-order valence-corrected chi connectivity index (χ3v) is 3.88. The van der Waals surface area contributed by atoms with Gasteiger partial charge in [-0.05, 0) is 69.3 Å². The Kier molecular flexibility index (Phi) is 12.7. The fraction of sp³-hybridized carbons (Fsp3) is 0.320. The minimum atomic E-state index is -1.03. The highest BCUT2D eigenvalue weighted by Gasteiger charge is 2.15. The molecule has 0 aliphatic carbocycles. The summed E-state index contributed by atoms with van der Waals surface area (Å²) in [4.78, 5) is 53.8. The molecule has 0 aliphatic heterocycles. The number of aliphatic carboxylic acids is 1. The molecule has 3 N–H and O–H groups in total. The number of carboxylic acid groups (broad SMARTS) is 1. The van der Waals surface area contributed by atoms with Gasteiger partial charge in [0.25, 0.3) is 5.91 Å². The number of rotatable bonds is 11. The number of aldehydes is 2. The van der Waals surface area contributed by atoms with Crippen LogP contribution >= 0.6 is 0 Å². The van der Waals surface area contributed by atoms with Crippen molar-refractivity contribution in [2.75, 3.05) is 26.3 Å². The lowest BCUT2D eigenvalue weighted by Gasteiger charge is -2.19. The Morgan fingerprint density at radius 2 is 1.22 bits per heavy atom. The first-order valence-electron chi connectivity index (χ1n) is 10.8. The Labute approximate surface area is 208 Å². The van der Waals surface area contributed by atoms with Crippen LogP contribution in [0.4, 0.5) is 4.79 Å². The summed E-state index contributed by atoms with van der Waals surface area (Å²) in [6.07, 6.45) is 0.910. The van der Waals surface area contributed by atoms with Gasteiger partial charge < -0.3 is 30.0 Å². The molecule has 0 radical (unpaired) electrons. The first-order valence-corrected chi connectivity index (χ1v) is 10.8. The number of carboxylic acids is 1. The van der Waals surface area contributed by atoms with E-state index in [9.17, 15) is 24.0 Å². The SMILES string of the molecule is CC(C)(C)OC(=O)NCCNC(=O)COc1ccc(C=O)cc1.O=Cc1ccc(OCC(=O)O)cc1. The maximum atomic E-state index is 11.6. The Balaban J connectivity index is 0.000000420. The van der Waals surface area contributed by atoms with Crippen molar-refractivity contribution in [1.82, 2.24) is 10.6 Å². The lowest BCUT2D eigenvalue weighted by Crippen LogP contribution is -2.39. The van der Waals surface area contributed by atoms with Gasteiger partial charge >= 0.3 is 12.1 Å². The molecule has 0 saturated heterocycles. The summed E-state index contributed by atoms with van der Waals surface area (Å²) in [6, 6.07) is 12.6. The number of hydrogen-bond donors (Lipinski definition) is 3. The lowest BCUT2D eigenvalue weighted by atomic mass is 10.2. The molecule has 0 spiro atoms. The number of amides is 2. The predicted octanol–water partition coefficient (Wildman–Crippen LogP) is 2.48. The number of alkyl carbamates (subject to hydrolysis) is 1. The summed E-state index contributed by atoms with van der Waals surface area (Å²) in [5.41, 5.74) is 0.512. The second-order valence-electron chi connectivity index (χ2n) is 8.12. The molecule has 0 aromatic heterocycles. The molecule has 2 rings (SSSR count).